The van der Waals surface area contributed by atoms with Crippen molar-refractivity contribution in [3.05, 3.63) is 28.5 Å². The van der Waals surface area contributed by atoms with Crippen LogP contribution < -0.4 is 5.32 Å². The molecule has 0 aromatic carbocycles. The predicted octanol–water partition coefficient (Wildman–Crippen LogP) is 3.60. The van der Waals surface area contributed by atoms with Crippen molar-refractivity contribution in [2.75, 3.05) is 0 Å². The summed E-state index contributed by atoms with van der Waals surface area (Å²) >= 11 is 5.89. The Labute approximate surface area is 119 Å². The highest BCUT2D eigenvalue weighted by molar-refractivity contribution is 6.29. The lowest BCUT2D eigenvalue weighted by Gasteiger charge is -2.33. The molecule has 3 nitrogen and oxygen atoms in total. The molecule has 3 unspecified atom stereocenters. The molecule has 0 aliphatic heterocycles. The largest absolute Gasteiger partial charge is 0.349 e. The molecule has 1 N–H and O–H groups in total. The summed E-state index contributed by atoms with van der Waals surface area (Å²) in [7, 11) is 0. The van der Waals surface area contributed by atoms with Crippen LogP contribution >= 0.6 is 11.6 Å². The Kier molecular flexibility index (Phi) is 4.46. The molecule has 1 fully saturated rings. The Hall–Kier alpha value is -1.09. The van der Waals surface area contributed by atoms with Gasteiger partial charge in [-0.1, -0.05) is 25.4 Å². The number of nitrogens with zero attached hydrogens (tertiary/aromatic N) is 1. The van der Waals surface area contributed by atoms with Gasteiger partial charge in [0.05, 0.1) is 0 Å². The summed E-state index contributed by atoms with van der Waals surface area (Å²) in [6.07, 6.45) is 3.43. The smallest absolute Gasteiger partial charge is 0.251 e. The van der Waals surface area contributed by atoms with E-state index in [9.17, 15) is 4.79 Å². The van der Waals surface area contributed by atoms with Gasteiger partial charge in [-0.3, -0.25) is 4.79 Å². The zero-order valence-electron chi connectivity index (χ0n) is 11.7. The van der Waals surface area contributed by atoms with E-state index in [1.54, 1.807) is 12.1 Å². The molecule has 1 aromatic heterocycles. The molecule has 1 aliphatic rings. The summed E-state index contributed by atoms with van der Waals surface area (Å²) < 4.78 is 0. The van der Waals surface area contributed by atoms with Crippen molar-refractivity contribution in [1.29, 1.82) is 0 Å². The van der Waals surface area contributed by atoms with Crippen LogP contribution in [0.5, 0.6) is 0 Å². The summed E-state index contributed by atoms with van der Waals surface area (Å²) in [5.41, 5.74) is 1.37. The van der Waals surface area contributed by atoms with Gasteiger partial charge in [0, 0.05) is 17.3 Å². The molecular weight excluding hydrogens is 260 g/mol. The van der Waals surface area contributed by atoms with Crippen molar-refractivity contribution in [2.45, 2.75) is 46.1 Å². The van der Waals surface area contributed by atoms with Crippen LogP contribution in [0.25, 0.3) is 0 Å². The summed E-state index contributed by atoms with van der Waals surface area (Å²) in [5, 5.41) is 3.51. The zero-order chi connectivity index (χ0) is 14.0. The Morgan fingerprint density at radius 2 is 2.11 bits per heavy atom. The van der Waals surface area contributed by atoms with E-state index in [4.69, 9.17) is 11.6 Å². The van der Waals surface area contributed by atoms with E-state index in [1.807, 2.05) is 6.92 Å². The number of nitrogens with one attached hydrogen (secondary N) is 1. The third-order valence-electron chi connectivity index (χ3n) is 3.93. The fourth-order valence-corrected chi connectivity index (χ4v) is 3.14. The van der Waals surface area contributed by atoms with Crippen molar-refractivity contribution >= 4 is 17.5 Å². The van der Waals surface area contributed by atoms with E-state index in [2.05, 4.69) is 24.1 Å². The van der Waals surface area contributed by atoms with E-state index >= 15 is 0 Å². The highest BCUT2D eigenvalue weighted by Gasteiger charge is 2.26. The Morgan fingerprint density at radius 3 is 2.74 bits per heavy atom. The number of amides is 1. The lowest BCUT2D eigenvalue weighted by molar-refractivity contribution is 0.0899. The fraction of sp³-hybridized carbons (Fsp3) is 0.600. The molecule has 2 rings (SSSR count). The summed E-state index contributed by atoms with van der Waals surface area (Å²) in [6, 6.07) is 3.67. The third-order valence-corrected chi connectivity index (χ3v) is 4.13. The van der Waals surface area contributed by atoms with Crippen LogP contribution in [0.4, 0.5) is 0 Å². The number of hydrogen-bond donors (Lipinski definition) is 1. The van der Waals surface area contributed by atoms with Gasteiger partial charge in [0.2, 0.25) is 0 Å². The Bertz CT molecular complexity index is 455. The first-order valence-corrected chi connectivity index (χ1v) is 7.28. The number of pyridine rings is 1. The lowest BCUT2D eigenvalue weighted by atomic mass is 9.80. The first-order chi connectivity index (χ1) is 8.95. The molecule has 1 heterocycles. The quantitative estimate of drug-likeness (QED) is 0.841. The molecular formula is C15H21ClN2O. The number of halogens is 1. The normalized spacial score (nSPS) is 27.1. The first-order valence-electron chi connectivity index (χ1n) is 6.90. The highest BCUT2D eigenvalue weighted by atomic mass is 35.5. The van der Waals surface area contributed by atoms with Crippen LogP contribution in [0.1, 0.15) is 49.2 Å². The van der Waals surface area contributed by atoms with Gasteiger partial charge in [-0.2, -0.15) is 0 Å². The SMILES string of the molecule is Cc1cc(C(=O)NC2CCC(C)CC2C)cc(Cl)n1. The fourth-order valence-electron chi connectivity index (χ4n) is 2.89. The van der Waals surface area contributed by atoms with Gasteiger partial charge in [-0.15, -0.1) is 0 Å². The maximum absolute atomic E-state index is 12.2. The molecule has 19 heavy (non-hydrogen) atoms. The number of rotatable bonds is 2. The molecule has 104 valence electrons. The van der Waals surface area contributed by atoms with Gasteiger partial charge in [0.25, 0.3) is 5.91 Å². The second-order valence-corrected chi connectivity index (χ2v) is 6.18. The van der Waals surface area contributed by atoms with Crippen LogP contribution in [0.15, 0.2) is 12.1 Å². The van der Waals surface area contributed by atoms with Crippen molar-refractivity contribution in [1.82, 2.24) is 10.3 Å². The van der Waals surface area contributed by atoms with E-state index < -0.39 is 0 Å². The zero-order valence-corrected chi connectivity index (χ0v) is 12.5. The van der Waals surface area contributed by atoms with Gasteiger partial charge >= 0.3 is 0 Å². The number of carbonyl (C=O) groups excluding carboxylic acids is 1. The minimum absolute atomic E-state index is 0.0428. The molecule has 0 saturated heterocycles. The molecule has 1 amide bonds. The van der Waals surface area contributed by atoms with Crippen LogP contribution in [-0.2, 0) is 0 Å². The number of hydrogen-bond acceptors (Lipinski definition) is 2. The second-order valence-electron chi connectivity index (χ2n) is 5.80. The monoisotopic (exact) mass is 280 g/mol. The van der Waals surface area contributed by atoms with Crippen molar-refractivity contribution < 1.29 is 4.79 Å². The van der Waals surface area contributed by atoms with Gasteiger partial charge in [0.15, 0.2) is 0 Å². The third kappa shape index (κ3) is 3.69. The minimum atomic E-state index is -0.0428. The van der Waals surface area contributed by atoms with E-state index in [0.717, 1.165) is 18.0 Å². The summed E-state index contributed by atoms with van der Waals surface area (Å²) in [6.45, 7) is 6.33. The highest BCUT2D eigenvalue weighted by Crippen LogP contribution is 2.28. The molecule has 1 saturated carbocycles. The average molecular weight is 281 g/mol. The molecule has 0 spiro atoms. The van der Waals surface area contributed by atoms with Crippen LogP contribution in [0.3, 0.4) is 0 Å². The van der Waals surface area contributed by atoms with Gasteiger partial charge < -0.3 is 5.32 Å². The Morgan fingerprint density at radius 1 is 1.37 bits per heavy atom. The Balaban J connectivity index is 2.04. The molecule has 0 radical (unpaired) electrons. The molecule has 1 aromatic rings. The van der Waals surface area contributed by atoms with E-state index in [-0.39, 0.29) is 11.9 Å². The molecule has 0 bridgehead atoms. The first kappa shape index (κ1) is 14.3. The average Bonchev–Trinajstić information content (AvgIpc) is 2.31. The van der Waals surface area contributed by atoms with Crippen molar-refractivity contribution in [3.63, 3.8) is 0 Å². The lowest BCUT2D eigenvalue weighted by Crippen LogP contribution is -2.42. The topological polar surface area (TPSA) is 42.0 Å². The van der Waals surface area contributed by atoms with Crippen LogP contribution in [0, 0.1) is 18.8 Å². The number of aryl methyl sites for hydroxylation is 1. The molecule has 4 heteroatoms. The molecule has 3 atom stereocenters. The standard InChI is InChI=1S/C15H21ClN2O/c1-9-4-5-13(10(2)6-9)18-15(19)12-7-11(3)17-14(16)8-12/h7-10,13H,4-6H2,1-3H3,(H,18,19). The van der Waals surface area contributed by atoms with Gasteiger partial charge in [0.1, 0.15) is 5.15 Å². The minimum Gasteiger partial charge on any atom is -0.349 e. The van der Waals surface area contributed by atoms with E-state index in [0.29, 0.717) is 16.6 Å². The maximum atomic E-state index is 12.2. The summed E-state index contributed by atoms with van der Waals surface area (Å²) in [5.74, 6) is 1.26. The van der Waals surface area contributed by atoms with Crippen LogP contribution in [0.2, 0.25) is 5.15 Å². The number of aromatic nitrogens is 1. The number of carbonyl (C=O) groups is 1. The van der Waals surface area contributed by atoms with Gasteiger partial charge in [-0.05, 0) is 50.2 Å². The predicted molar refractivity (Wildman–Crippen MR) is 77.4 cm³/mol. The molecule has 1 aliphatic carbocycles. The maximum Gasteiger partial charge on any atom is 0.251 e. The second kappa shape index (κ2) is 5.91. The van der Waals surface area contributed by atoms with Crippen LogP contribution in [-0.4, -0.2) is 16.9 Å². The van der Waals surface area contributed by atoms with Crippen molar-refractivity contribution in [2.24, 2.45) is 11.8 Å². The van der Waals surface area contributed by atoms with E-state index in [1.165, 1.54) is 12.8 Å². The van der Waals surface area contributed by atoms with Gasteiger partial charge in [-0.25, -0.2) is 4.98 Å². The summed E-state index contributed by atoms with van der Waals surface area (Å²) in [4.78, 5) is 16.3. The van der Waals surface area contributed by atoms with Crippen molar-refractivity contribution in [3.8, 4) is 0 Å².